The Morgan fingerprint density at radius 3 is 1.25 bits per heavy atom. The fourth-order valence-corrected chi connectivity index (χ4v) is 8.74. The van der Waals surface area contributed by atoms with Gasteiger partial charge in [-0.1, -0.05) is 121 Å². The molecule has 11 heteroatoms. The lowest BCUT2D eigenvalue weighted by Gasteiger charge is -2.18. The molecule has 0 unspecified atom stereocenters. The van der Waals surface area contributed by atoms with Gasteiger partial charge in [0.05, 0.1) is 44.6 Å². The van der Waals surface area contributed by atoms with Gasteiger partial charge in [0.1, 0.15) is 0 Å². The molecule has 0 fully saturated rings. The van der Waals surface area contributed by atoms with Crippen LogP contribution in [0.1, 0.15) is 11.1 Å². The molecule has 3 aromatic heterocycles. The molecule has 0 N–H and O–H groups in total. The van der Waals surface area contributed by atoms with Gasteiger partial charge in [-0.05, 0) is 72.3 Å². The van der Waals surface area contributed by atoms with Crippen LogP contribution in [0.3, 0.4) is 0 Å². The van der Waals surface area contributed by atoms with Crippen LogP contribution in [0.15, 0.2) is 188 Å². The van der Waals surface area contributed by atoms with E-state index in [2.05, 4.69) is 0 Å². The summed E-state index contributed by atoms with van der Waals surface area (Å²) < 4.78 is 88.6. The number of nitrogens with zero attached hydrogens (tertiary/aromatic N) is 5. The quantitative estimate of drug-likeness (QED) is 0.157. The molecule has 8 aromatic carbocycles. The Morgan fingerprint density at radius 2 is 0.734 bits per heavy atom. The summed E-state index contributed by atoms with van der Waals surface area (Å²) in [6, 6.07) is 54.9. The topological polar surface area (TPSA) is 48.5 Å². The van der Waals surface area contributed by atoms with Crippen LogP contribution >= 0.6 is 0 Å². The SMILES string of the molecule is FC(F)(F)c1ccc2c(c1)c1ccccc1n2-c1ccccc1-c1ccc(-n2c3ccccc3c3cc(C(F)(F)F)ccc32)c(-c2nc(-c3ccccc3)nc(-c3ccccc3)n2)c1. The predicted octanol–water partition coefficient (Wildman–Crippen LogP) is 14.8. The molecule has 0 radical (unpaired) electrons. The van der Waals surface area contributed by atoms with Gasteiger partial charge >= 0.3 is 12.4 Å². The average molecular weight is 852 g/mol. The van der Waals surface area contributed by atoms with E-state index in [9.17, 15) is 26.3 Å². The third-order valence-corrected chi connectivity index (χ3v) is 11.6. The molecule has 5 nitrogen and oxygen atoms in total. The fraction of sp³-hybridized carbons (Fsp3) is 0.0377. The summed E-state index contributed by atoms with van der Waals surface area (Å²) in [7, 11) is 0. The van der Waals surface area contributed by atoms with Crippen molar-refractivity contribution in [1.29, 1.82) is 0 Å². The van der Waals surface area contributed by atoms with Crippen LogP contribution in [0, 0.1) is 0 Å². The predicted molar refractivity (Wildman–Crippen MR) is 240 cm³/mol. The molecule has 11 aromatic rings. The standard InChI is InChI=1S/C53H31F6N5/c54-52(55,56)35-24-27-46-40(30-35)38-18-8-11-21-44(38)63(46)43-20-10-7-17-37(43)34-23-26-48(64-45-22-12-9-19-39(45)41-31-36(53(57,58)59)25-28-47(41)64)42(29-34)51-61-49(32-13-3-1-4-14-32)60-50(62-51)33-15-5-2-6-16-33/h1-31H. The van der Waals surface area contributed by atoms with E-state index in [0.29, 0.717) is 72.5 Å². The number of rotatable bonds is 6. The van der Waals surface area contributed by atoms with E-state index in [1.54, 1.807) is 6.07 Å². The number of benzene rings is 8. The summed E-state index contributed by atoms with van der Waals surface area (Å²) in [5.74, 6) is 1.15. The minimum atomic E-state index is -4.55. The van der Waals surface area contributed by atoms with Gasteiger partial charge in [0.15, 0.2) is 17.5 Å². The monoisotopic (exact) mass is 851 g/mol. The van der Waals surface area contributed by atoms with Gasteiger partial charge in [-0.15, -0.1) is 0 Å². The van der Waals surface area contributed by atoms with Crippen LogP contribution in [0.2, 0.25) is 0 Å². The highest BCUT2D eigenvalue weighted by Gasteiger charge is 2.33. The molecule has 0 aliphatic rings. The van der Waals surface area contributed by atoms with Crippen LogP contribution in [-0.2, 0) is 12.4 Å². The van der Waals surface area contributed by atoms with Crippen molar-refractivity contribution in [3.8, 4) is 56.7 Å². The highest BCUT2D eigenvalue weighted by molar-refractivity contribution is 6.11. The maximum absolute atomic E-state index is 14.2. The molecule has 0 bridgehead atoms. The summed E-state index contributed by atoms with van der Waals surface area (Å²) in [4.78, 5) is 15.1. The third-order valence-electron chi connectivity index (χ3n) is 11.6. The Kier molecular flexibility index (Phi) is 8.98. The van der Waals surface area contributed by atoms with Gasteiger partial charge in [-0.25, -0.2) is 15.0 Å². The normalized spacial score (nSPS) is 12.2. The minimum absolute atomic E-state index is 0.316. The molecule has 3 heterocycles. The zero-order valence-electron chi connectivity index (χ0n) is 33.4. The van der Waals surface area contributed by atoms with E-state index in [4.69, 9.17) is 15.0 Å². The zero-order valence-corrected chi connectivity index (χ0v) is 33.4. The summed E-state index contributed by atoms with van der Waals surface area (Å²) in [5, 5.41) is 2.19. The molecule has 0 spiro atoms. The van der Waals surface area contributed by atoms with Gasteiger partial charge in [0, 0.05) is 43.8 Å². The number of hydrogen-bond donors (Lipinski definition) is 0. The van der Waals surface area contributed by atoms with E-state index in [1.807, 2.05) is 155 Å². The average Bonchev–Trinajstić information content (AvgIpc) is 3.83. The molecule has 0 saturated carbocycles. The Hall–Kier alpha value is -8.05. The molecule has 0 saturated heterocycles. The summed E-state index contributed by atoms with van der Waals surface area (Å²) in [6.07, 6.45) is -9.08. The second kappa shape index (κ2) is 14.8. The second-order valence-corrected chi connectivity index (χ2v) is 15.5. The summed E-state index contributed by atoms with van der Waals surface area (Å²) in [6.45, 7) is 0. The van der Waals surface area contributed by atoms with E-state index in [1.165, 1.54) is 24.3 Å². The van der Waals surface area contributed by atoms with Crippen molar-refractivity contribution in [3.63, 3.8) is 0 Å². The first-order valence-corrected chi connectivity index (χ1v) is 20.3. The van der Waals surface area contributed by atoms with Crippen molar-refractivity contribution in [3.05, 3.63) is 199 Å². The van der Waals surface area contributed by atoms with Crippen molar-refractivity contribution in [2.75, 3.05) is 0 Å². The van der Waals surface area contributed by atoms with Crippen LogP contribution in [0.5, 0.6) is 0 Å². The first-order valence-electron chi connectivity index (χ1n) is 20.3. The highest BCUT2D eigenvalue weighted by atomic mass is 19.4. The highest BCUT2D eigenvalue weighted by Crippen LogP contribution is 2.43. The van der Waals surface area contributed by atoms with E-state index in [0.717, 1.165) is 39.9 Å². The summed E-state index contributed by atoms with van der Waals surface area (Å²) in [5.41, 5.74) is 5.93. The molecule has 0 aliphatic carbocycles. The minimum Gasteiger partial charge on any atom is -0.309 e. The Morgan fingerprint density at radius 1 is 0.312 bits per heavy atom. The molecule has 0 aliphatic heterocycles. The Bertz CT molecular complexity index is 3530. The number of alkyl halides is 6. The molecule has 0 atom stereocenters. The number of para-hydroxylation sites is 3. The van der Waals surface area contributed by atoms with Gasteiger partial charge in [-0.2, -0.15) is 26.3 Å². The van der Waals surface area contributed by atoms with Crippen molar-refractivity contribution in [2.24, 2.45) is 0 Å². The lowest BCUT2D eigenvalue weighted by Crippen LogP contribution is -2.05. The van der Waals surface area contributed by atoms with E-state index < -0.39 is 23.5 Å². The number of aromatic nitrogens is 5. The molecule has 11 rings (SSSR count). The maximum atomic E-state index is 14.2. The van der Waals surface area contributed by atoms with Crippen molar-refractivity contribution < 1.29 is 26.3 Å². The van der Waals surface area contributed by atoms with Crippen LogP contribution in [0.4, 0.5) is 26.3 Å². The zero-order chi connectivity index (χ0) is 43.7. The van der Waals surface area contributed by atoms with Crippen LogP contribution in [-0.4, -0.2) is 24.1 Å². The van der Waals surface area contributed by atoms with Gasteiger partial charge in [0.25, 0.3) is 0 Å². The Balaban J connectivity index is 1.21. The van der Waals surface area contributed by atoms with E-state index in [-0.39, 0.29) is 0 Å². The van der Waals surface area contributed by atoms with Crippen molar-refractivity contribution >= 4 is 43.6 Å². The van der Waals surface area contributed by atoms with Crippen molar-refractivity contribution in [1.82, 2.24) is 24.1 Å². The van der Waals surface area contributed by atoms with Crippen LogP contribution < -0.4 is 0 Å². The smallest absolute Gasteiger partial charge is 0.309 e. The largest absolute Gasteiger partial charge is 0.416 e. The number of fused-ring (bicyclic) bond motifs is 6. The lowest BCUT2D eigenvalue weighted by molar-refractivity contribution is -0.138. The molecule has 0 amide bonds. The fourth-order valence-electron chi connectivity index (χ4n) is 8.74. The van der Waals surface area contributed by atoms with Crippen LogP contribution in [0.25, 0.3) is 100 Å². The van der Waals surface area contributed by atoms with E-state index >= 15 is 0 Å². The molecular formula is C53H31F6N5. The Labute approximate surface area is 361 Å². The van der Waals surface area contributed by atoms with Gasteiger partial charge in [-0.3, -0.25) is 0 Å². The number of halogens is 6. The lowest BCUT2D eigenvalue weighted by atomic mass is 9.99. The first kappa shape index (κ1) is 38.8. The van der Waals surface area contributed by atoms with Gasteiger partial charge < -0.3 is 9.13 Å². The summed E-state index contributed by atoms with van der Waals surface area (Å²) >= 11 is 0. The molecule has 310 valence electrons. The van der Waals surface area contributed by atoms with Gasteiger partial charge in [0.2, 0.25) is 0 Å². The number of hydrogen-bond acceptors (Lipinski definition) is 3. The molecule has 64 heavy (non-hydrogen) atoms. The van der Waals surface area contributed by atoms with Crippen molar-refractivity contribution in [2.45, 2.75) is 12.4 Å². The molecular weight excluding hydrogens is 821 g/mol. The maximum Gasteiger partial charge on any atom is 0.416 e. The second-order valence-electron chi connectivity index (χ2n) is 15.5. The first-order chi connectivity index (χ1) is 31.0. The third kappa shape index (κ3) is 6.55.